The quantitative estimate of drug-likeness (QED) is 0.114. The number of carbonyl (C=O) groups is 2. The van der Waals surface area contributed by atoms with Crippen LogP contribution in [0.3, 0.4) is 0 Å². The summed E-state index contributed by atoms with van der Waals surface area (Å²) in [7, 11) is 0. The van der Waals surface area contributed by atoms with Crippen LogP contribution in [0.1, 0.15) is 122 Å². The highest BCUT2D eigenvalue weighted by atomic mass is 16.7. The Bertz CT molecular complexity index is 1710. The van der Waals surface area contributed by atoms with Crippen LogP contribution >= 0.6 is 0 Å². The van der Waals surface area contributed by atoms with Gasteiger partial charge in [-0.05, 0) is 40.5 Å². The Labute approximate surface area is 426 Å². The van der Waals surface area contributed by atoms with Crippen molar-refractivity contribution in [1.82, 2.24) is 0 Å². The molecule has 0 radical (unpaired) electrons. The van der Waals surface area contributed by atoms with Crippen LogP contribution in [0.15, 0.2) is 48.6 Å². The average Bonchev–Trinajstić information content (AvgIpc) is 3.31. The standard InChI is InChI=1S/C54H88O18/c1-13-37-33(9)71-53(63,25-41(37)67-45-23-39(55)49(61)35(11)65-45)31(7)47(59)29(5)51-27(3)19-15-17-22-44(58)70-52(28(4)20-16-18-21-43(57)69-51)30(6)48(60)32(8)54(64)26-42(38(14-2)34(10)72-54)68-46-24-40(56)50(62)36(12)66-46/h15-22,27-42,45-52,55-56,59-64H,13-14,23-26H2,1-12H3. The molecule has 0 aromatic carbocycles. The van der Waals surface area contributed by atoms with Gasteiger partial charge in [0, 0.05) is 85.2 Å². The van der Waals surface area contributed by atoms with Gasteiger partial charge in [-0.2, -0.15) is 0 Å². The fraction of sp³-hybridized carbons (Fsp3) is 0.815. The Kier molecular flexibility index (Phi) is 21.7. The molecule has 5 aliphatic rings. The molecule has 0 aromatic heterocycles. The van der Waals surface area contributed by atoms with Crippen molar-refractivity contribution in [1.29, 1.82) is 0 Å². The topological polar surface area (TPSA) is 270 Å². The van der Waals surface area contributed by atoms with Crippen molar-refractivity contribution in [2.75, 3.05) is 0 Å². The Balaban J connectivity index is 1.28. The maximum absolute atomic E-state index is 13.5. The number of allylic oxidation sites excluding steroid dienone is 4. The summed E-state index contributed by atoms with van der Waals surface area (Å²) in [5, 5.41) is 89.6. The molecule has 0 spiro atoms. The highest BCUT2D eigenvalue weighted by molar-refractivity contribution is 5.83. The van der Waals surface area contributed by atoms with Gasteiger partial charge in [-0.15, -0.1) is 0 Å². The van der Waals surface area contributed by atoms with E-state index in [0.29, 0.717) is 12.8 Å². The predicted octanol–water partition coefficient (Wildman–Crippen LogP) is 4.12. The van der Waals surface area contributed by atoms with E-state index in [1.54, 1.807) is 79.7 Å². The van der Waals surface area contributed by atoms with Gasteiger partial charge in [-0.1, -0.05) is 91.8 Å². The summed E-state index contributed by atoms with van der Waals surface area (Å²) >= 11 is 0. The molecule has 0 bridgehead atoms. The maximum atomic E-state index is 13.5. The number of carbonyl (C=O) groups excluding carboxylic acids is 2. The molecule has 18 heteroatoms. The third-order valence-electron chi connectivity index (χ3n) is 16.5. The molecule has 0 aliphatic carbocycles. The van der Waals surface area contributed by atoms with E-state index in [0.717, 1.165) is 0 Å². The minimum absolute atomic E-state index is 0.0264. The summed E-state index contributed by atoms with van der Waals surface area (Å²) < 4.78 is 49.1. The molecule has 0 saturated carbocycles. The number of hydrogen-bond acceptors (Lipinski definition) is 18. The highest BCUT2D eigenvalue weighted by Gasteiger charge is 2.54. The Morgan fingerprint density at radius 1 is 0.583 bits per heavy atom. The summed E-state index contributed by atoms with van der Waals surface area (Å²) in [4.78, 5) is 27.0. The van der Waals surface area contributed by atoms with E-state index in [1.807, 2.05) is 27.7 Å². The van der Waals surface area contributed by atoms with Crippen LogP contribution in [-0.2, 0) is 47.5 Å². The molecule has 5 aliphatic heterocycles. The van der Waals surface area contributed by atoms with Crippen molar-refractivity contribution in [3.63, 3.8) is 0 Å². The number of hydrogen-bond donors (Lipinski definition) is 8. The first-order valence-electron chi connectivity index (χ1n) is 26.4. The highest BCUT2D eigenvalue weighted by Crippen LogP contribution is 2.45. The van der Waals surface area contributed by atoms with Gasteiger partial charge in [0.15, 0.2) is 24.2 Å². The van der Waals surface area contributed by atoms with Crippen molar-refractivity contribution in [3.05, 3.63) is 48.6 Å². The fourth-order valence-electron chi connectivity index (χ4n) is 11.6. The zero-order chi connectivity index (χ0) is 53.6. The molecule has 5 heterocycles. The molecule has 18 nitrogen and oxygen atoms in total. The van der Waals surface area contributed by atoms with Gasteiger partial charge in [0.2, 0.25) is 0 Å². The Hall–Kier alpha value is -2.66. The van der Waals surface area contributed by atoms with Crippen LogP contribution in [0.25, 0.3) is 0 Å². The number of ether oxygens (including phenoxy) is 8. The van der Waals surface area contributed by atoms with Crippen LogP contribution in [0.5, 0.6) is 0 Å². The molecule has 0 amide bonds. The number of esters is 2. The second kappa shape index (κ2) is 25.9. The van der Waals surface area contributed by atoms with Crippen molar-refractivity contribution in [3.8, 4) is 0 Å². The van der Waals surface area contributed by atoms with E-state index >= 15 is 0 Å². The molecular weight excluding hydrogens is 937 g/mol. The Morgan fingerprint density at radius 3 is 1.25 bits per heavy atom. The summed E-state index contributed by atoms with van der Waals surface area (Å²) in [6.45, 7) is 21.3. The minimum Gasteiger partial charge on any atom is -0.458 e. The second-order valence-electron chi connectivity index (χ2n) is 21.7. The van der Waals surface area contributed by atoms with Crippen molar-refractivity contribution < 1.29 is 88.3 Å². The van der Waals surface area contributed by atoms with E-state index in [9.17, 15) is 50.4 Å². The van der Waals surface area contributed by atoms with Crippen LogP contribution in [-0.4, -0.2) is 162 Å². The summed E-state index contributed by atoms with van der Waals surface area (Å²) in [5.74, 6) is -9.84. The zero-order valence-corrected chi connectivity index (χ0v) is 44.4. The summed E-state index contributed by atoms with van der Waals surface area (Å²) in [6.07, 6.45) is -0.317. The first kappa shape index (κ1) is 60.2. The first-order chi connectivity index (χ1) is 33.7. The number of rotatable bonds is 14. The van der Waals surface area contributed by atoms with Crippen LogP contribution in [0.2, 0.25) is 0 Å². The normalized spacial score (nSPS) is 44.3. The number of aliphatic hydroxyl groups excluding tert-OH is 6. The van der Waals surface area contributed by atoms with E-state index in [1.165, 1.54) is 24.3 Å². The lowest BCUT2D eigenvalue weighted by molar-refractivity contribution is -0.345. The van der Waals surface area contributed by atoms with E-state index in [-0.39, 0.29) is 37.5 Å². The SMILES string of the molecule is CCC1C(C)OC(O)(C(C)C(O)C(C)C2OC(=O)C=CC=CC(C)C(C(C)C(O)C(C)C3(O)CC(OC4CC(O)C(O)C(C)O4)C(CC)C(C)O3)OC(=O)C=CC=CC2C)CC1OC1CC(O)C(O)C(C)O1. The van der Waals surface area contributed by atoms with Gasteiger partial charge in [0.1, 0.15) is 24.4 Å². The van der Waals surface area contributed by atoms with Gasteiger partial charge in [0.05, 0.1) is 61.0 Å². The third-order valence-corrected chi connectivity index (χ3v) is 16.5. The molecule has 8 N–H and O–H groups in total. The van der Waals surface area contributed by atoms with Gasteiger partial charge in [-0.3, -0.25) is 0 Å². The van der Waals surface area contributed by atoms with Crippen molar-refractivity contribution in [2.45, 2.75) is 231 Å². The monoisotopic (exact) mass is 1020 g/mol. The molecule has 26 unspecified atom stereocenters. The molecular formula is C54H88O18. The van der Waals surface area contributed by atoms with Crippen molar-refractivity contribution >= 4 is 11.9 Å². The van der Waals surface area contributed by atoms with E-state index < -0.39 is 157 Å². The van der Waals surface area contributed by atoms with E-state index in [4.69, 9.17) is 37.9 Å². The maximum Gasteiger partial charge on any atom is 0.331 e. The van der Waals surface area contributed by atoms with Gasteiger partial charge in [-0.25, -0.2) is 9.59 Å². The third kappa shape index (κ3) is 14.4. The van der Waals surface area contributed by atoms with Gasteiger partial charge >= 0.3 is 11.9 Å². The van der Waals surface area contributed by atoms with Crippen LogP contribution in [0, 0.1) is 47.3 Å². The lowest BCUT2D eigenvalue weighted by Gasteiger charge is -2.50. The molecule has 5 rings (SSSR count). The zero-order valence-electron chi connectivity index (χ0n) is 44.4. The molecule has 4 saturated heterocycles. The number of aliphatic hydroxyl groups is 8. The van der Waals surface area contributed by atoms with Gasteiger partial charge < -0.3 is 78.7 Å². The van der Waals surface area contributed by atoms with Crippen LogP contribution < -0.4 is 0 Å². The van der Waals surface area contributed by atoms with E-state index in [2.05, 4.69) is 0 Å². The molecule has 412 valence electrons. The summed E-state index contributed by atoms with van der Waals surface area (Å²) in [6, 6.07) is 0. The predicted molar refractivity (Wildman–Crippen MR) is 263 cm³/mol. The lowest BCUT2D eigenvalue weighted by Crippen LogP contribution is -2.59. The smallest absolute Gasteiger partial charge is 0.331 e. The van der Waals surface area contributed by atoms with Gasteiger partial charge in [0.25, 0.3) is 0 Å². The Morgan fingerprint density at radius 2 is 0.931 bits per heavy atom. The first-order valence-corrected chi connectivity index (χ1v) is 26.4. The summed E-state index contributed by atoms with van der Waals surface area (Å²) in [5.41, 5.74) is 0. The molecule has 4 fully saturated rings. The fourth-order valence-corrected chi connectivity index (χ4v) is 11.6. The number of cyclic esters (lactones) is 2. The minimum atomic E-state index is -1.88. The largest absolute Gasteiger partial charge is 0.458 e. The second-order valence-corrected chi connectivity index (χ2v) is 21.7. The van der Waals surface area contributed by atoms with Crippen molar-refractivity contribution in [2.24, 2.45) is 47.3 Å². The molecule has 72 heavy (non-hydrogen) atoms. The van der Waals surface area contributed by atoms with Crippen LogP contribution in [0.4, 0.5) is 0 Å². The lowest BCUT2D eigenvalue weighted by atomic mass is 9.76. The molecule has 26 atom stereocenters. The molecule has 0 aromatic rings. The average molecular weight is 1030 g/mol.